The molecule has 0 aliphatic heterocycles. The van der Waals surface area contributed by atoms with E-state index in [-0.39, 0.29) is 5.91 Å². The predicted octanol–water partition coefficient (Wildman–Crippen LogP) is 2.59. The molecule has 1 amide bonds. The SMILES string of the molecule is Nc1ccc(/C=C/C(=O)NCCCC2CC2)cc1. The standard InChI is InChI=1S/C15H20N2O/c16-14-8-5-13(6-9-14)7-10-15(18)17-11-1-2-12-3-4-12/h5-10,12H,1-4,11,16H2,(H,17,18)/b10-7+. The van der Waals surface area contributed by atoms with Crippen molar-refractivity contribution in [1.29, 1.82) is 0 Å². The monoisotopic (exact) mass is 244 g/mol. The van der Waals surface area contributed by atoms with E-state index in [1.165, 1.54) is 19.3 Å². The molecule has 1 aliphatic rings. The molecular weight excluding hydrogens is 224 g/mol. The third kappa shape index (κ3) is 4.62. The first-order chi connectivity index (χ1) is 8.74. The topological polar surface area (TPSA) is 55.1 Å². The van der Waals surface area contributed by atoms with Crippen LogP contribution in [0.2, 0.25) is 0 Å². The van der Waals surface area contributed by atoms with Gasteiger partial charge in [-0.15, -0.1) is 0 Å². The maximum atomic E-state index is 11.5. The van der Waals surface area contributed by atoms with Crippen LogP contribution in [0.5, 0.6) is 0 Å². The van der Waals surface area contributed by atoms with Gasteiger partial charge in [0.1, 0.15) is 0 Å². The number of carbonyl (C=O) groups excluding carboxylic acids is 1. The number of rotatable bonds is 6. The third-order valence-electron chi connectivity index (χ3n) is 3.15. The number of nitrogens with one attached hydrogen (secondary N) is 1. The highest BCUT2D eigenvalue weighted by Gasteiger charge is 2.19. The number of benzene rings is 1. The zero-order valence-corrected chi connectivity index (χ0v) is 10.6. The van der Waals surface area contributed by atoms with Gasteiger partial charge in [0.05, 0.1) is 0 Å². The van der Waals surface area contributed by atoms with E-state index in [1.807, 2.05) is 24.3 Å². The largest absolute Gasteiger partial charge is 0.399 e. The summed E-state index contributed by atoms with van der Waals surface area (Å²) >= 11 is 0. The molecule has 1 fully saturated rings. The number of nitrogens with two attached hydrogens (primary N) is 1. The highest BCUT2D eigenvalue weighted by Crippen LogP contribution is 2.33. The van der Waals surface area contributed by atoms with E-state index >= 15 is 0 Å². The van der Waals surface area contributed by atoms with Crippen molar-refractivity contribution < 1.29 is 4.79 Å². The molecular formula is C15H20N2O. The first-order valence-corrected chi connectivity index (χ1v) is 6.55. The van der Waals surface area contributed by atoms with Crippen molar-refractivity contribution in [3.05, 3.63) is 35.9 Å². The molecule has 0 heterocycles. The molecule has 3 N–H and O–H groups in total. The van der Waals surface area contributed by atoms with Crippen LogP contribution in [0.1, 0.15) is 31.2 Å². The summed E-state index contributed by atoms with van der Waals surface area (Å²) in [5, 5.41) is 2.90. The number of hydrogen-bond donors (Lipinski definition) is 2. The van der Waals surface area contributed by atoms with Crippen molar-refractivity contribution in [3.63, 3.8) is 0 Å². The van der Waals surface area contributed by atoms with Crippen LogP contribution in [0.25, 0.3) is 6.08 Å². The average Bonchev–Trinajstić information content (AvgIpc) is 3.18. The molecule has 0 bridgehead atoms. The number of amides is 1. The Hall–Kier alpha value is -1.77. The number of carbonyl (C=O) groups is 1. The molecule has 96 valence electrons. The fraction of sp³-hybridized carbons (Fsp3) is 0.400. The molecule has 1 aromatic rings. The van der Waals surface area contributed by atoms with E-state index in [0.29, 0.717) is 0 Å². The summed E-state index contributed by atoms with van der Waals surface area (Å²) in [5.41, 5.74) is 7.31. The van der Waals surface area contributed by atoms with Crippen molar-refractivity contribution in [2.75, 3.05) is 12.3 Å². The van der Waals surface area contributed by atoms with Crippen molar-refractivity contribution in [1.82, 2.24) is 5.32 Å². The molecule has 18 heavy (non-hydrogen) atoms. The zero-order chi connectivity index (χ0) is 12.8. The maximum absolute atomic E-state index is 11.5. The van der Waals surface area contributed by atoms with Crippen molar-refractivity contribution in [2.24, 2.45) is 5.92 Å². The second kappa shape index (κ2) is 6.24. The molecule has 0 unspecified atom stereocenters. The van der Waals surface area contributed by atoms with Gasteiger partial charge in [-0.3, -0.25) is 4.79 Å². The lowest BCUT2D eigenvalue weighted by atomic mass is 10.2. The highest BCUT2D eigenvalue weighted by molar-refractivity contribution is 5.91. The number of hydrogen-bond acceptors (Lipinski definition) is 2. The van der Waals surface area contributed by atoms with Gasteiger partial charge in [-0.2, -0.15) is 0 Å². The molecule has 0 spiro atoms. The van der Waals surface area contributed by atoms with Crippen LogP contribution in [-0.4, -0.2) is 12.5 Å². The zero-order valence-electron chi connectivity index (χ0n) is 10.6. The minimum absolute atomic E-state index is 0.0254. The summed E-state index contributed by atoms with van der Waals surface area (Å²) in [6, 6.07) is 7.44. The van der Waals surface area contributed by atoms with E-state index in [2.05, 4.69) is 5.32 Å². The van der Waals surface area contributed by atoms with Gasteiger partial charge >= 0.3 is 0 Å². The van der Waals surface area contributed by atoms with Gasteiger partial charge in [0.2, 0.25) is 5.91 Å². The molecule has 2 rings (SSSR count). The minimum Gasteiger partial charge on any atom is -0.399 e. The maximum Gasteiger partial charge on any atom is 0.243 e. The Morgan fingerprint density at radius 3 is 2.72 bits per heavy atom. The average molecular weight is 244 g/mol. The second-order valence-electron chi connectivity index (χ2n) is 4.88. The van der Waals surface area contributed by atoms with Gasteiger partial charge in [0.25, 0.3) is 0 Å². The Kier molecular flexibility index (Phi) is 4.40. The van der Waals surface area contributed by atoms with Gasteiger partial charge in [-0.05, 0) is 42.5 Å². The molecule has 0 aromatic heterocycles. The van der Waals surface area contributed by atoms with Crippen LogP contribution >= 0.6 is 0 Å². The van der Waals surface area contributed by atoms with Gasteiger partial charge in [0.15, 0.2) is 0 Å². The number of anilines is 1. The fourth-order valence-corrected chi connectivity index (χ4v) is 1.85. The van der Waals surface area contributed by atoms with Gasteiger partial charge in [-0.1, -0.05) is 25.0 Å². The van der Waals surface area contributed by atoms with Crippen LogP contribution in [0.3, 0.4) is 0 Å². The van der Waals surface area contributed by atoms with E-state index in [4.69, 9.17) is 5.73 Å². The van der Waals surface area contributed by atoms with Gasteiger partial charge < -0.3 is 11.1 Å². The summed E-state index contributed by atoms with van der Waals surface area (Å²) in [6.45, 7) is 0.779. The highest BCUT2D eigenvalue weighted by atomic mass is 16.1. The summed E-state index contributed by atoms with van der Waals surface area (Å²) in [4.78, 5) is 11.5. The summed E-state index contributed by atoms with van der Waals surface area (Å²) < 4.78 is 0. The van der Waals surface area contributed by atoms with E-state index in [9.17, 15) is 4.79 Å². The second-order valence-corrected chi connectivity index (χ2v) is 4.88. The van der Waals surface area contributed by atoms with Crippen molar-refractivity contribution in [2.45, 2.75) is 25.7 Å². The minimum atomic E-state index is -0.0254. The summed E-state index contributed by atoms with van der Waals surface area (Å²) in [6.07, 6.45) is 8.47. The van der Waals surface area contributed by atoms with E-state index in [1.54, 1.807) is 12.2 Å². The summed E-state index contributed by atoms with van der Waals surface area (Å²) in [5.74, 6) is 0.912. The lowest BCUT2D eigenvalue weighted by molar-refractivity contribution is -0.116. The molecule has 0 atom stereocenters. The number of nitrogen functional groups attached to an aromatic ring is 1. The third-order valence-corrected chi connectivity index (χ3v) is 3.15. The molecule has 1 saturated carbocycles. The Bertz CT molecular complexity index is 419. The first-order valence-electron chi connectivity index (χ1n) is 6.55. The predicted molar refractivity (Wildman–Crippen MR) is 74.9 cm³/mol. The molecule has 1 aromatic carbocycles. The molecule has 0 radical (unpaired) electrons. The van der Waals surface area contributed by atoms with Crippen molar-refractivity contribution >= 4 is 17.7 Å². The molecule has 0 saturated heterocycles. The lowest BCUT2D eigenvalue weighted by Gasteiger charge is -2.01. The van der Waals surface area contributed by atoms with Crippen LogP contribution < -0.4 is 11.1 Å². The molecule has 3 nitrogen and oxygen atoms in total. The van der Waals surface area contributed by atoms with Gasteiger partial charge in [-0.25, -0.2) is 0 Å². The summed E-state index contributed by atoms with van der Waals surface area (Å²) in [7, 11) is 0. The lowest BCUT2D eigenvalue weighted by Crippen LogP contribution is -2.22. The smallest absolute Gasteiger partial charge is 0.243 e. The quantitative estimate of drug-likeness (QED) is 0.459. The van der Waals surface area contributed by atoms with Crippen LogP contribution in [-0.2, 0) is 4.79 Å². The fourth-order valence-electron chi connectivity index (χ4n) is 1.85. The Morgan fingerprint density at radius 1 is 1.33 bits per heavy atom. The first kappa shape index (κ1) is 12.7. The molecule has 1 aliphatic carbocycles. The molecule has 3 heteroatoms. The van der Waals surface area contributed by atoms with E-state index in [0.717, 1.165) is 30.1 Å². The van der Waals surface area contributed by atoms with E-state index < -0.39 is 0 Å². The Balaban J connectivity index is 1.67. The van der Waals surface area contributed by atoms with Crippen LogP contribution in [0.15, 0.2) is 30.3 Å². The van der Waals surface area contributed by atoms with Crippen LogP contribution in [0, 0.1) is 5.92 Å². The Morgan fingerprint density at radius 2 is 2.06 bits per heavy atom. The van der Waals surface area contributed by atoms with Gasteiger partial charge in [0, 0.05) is 18.3 Å². The normalized spacial score (nSPS) is 14.9. The van der Waals surface area contributed by atoms with Crippen LogP contribution in [0.4, 0.5) is 5.69 Å². The Labute approximate surface area is 108 Å². The van der Waals surface area contributed by atoms with Crippen molar-refractivity contribution in [3.8, 4) is 0 Å².